The zero-order valence-electron chi connectivity index (χ0n) is 15.1. The van der Waals surface area contributed by atoms with Gasteiger partial charge in [0, 0.05) is 24.0 Å². The third-order valence-corrected chi connectivity index (χ3v) is 4.03. The minimum absolute atomic E-state index is 0.134. The number of rotatable bonds is 6. The number of para-hydroxylation sites is 1. The molecule has 0 aliphatic heterocycles. The molecule has 28 heavy (non-hydrogen) atoms. The fourth-order valence-corrected chi connectivity index (χ4v) is 2.68. The number of carbonyl (C=O) groups is 2. The van der Waals surface area contributed by atoms with Gasteiger partial charge in [0.2, 0.25) is 11.8 Å². The number of carbonyl (C=O) groups excluding carboxylic acids is 2. The highest BCUT2D eigenvalue weighted by Gasteiger charge is 2.20. The van der Waals surface area contributed by atoms with E-state index < -0.39 is 0 Å². The Labute approximate surface area is 167 Å². The number of amides is 2. The van der Waals surface area contributed by atoms with E-state index in [2.05, 4.69) is 10.3 Å². The summed E-state index contributed by atoms with van der Waals surface area (Å²) in [6, 6.07) is 19.1. The average molecular weight is 396 g/mol. The molecule has 3 rings (SSSR count). The number of pyridine rings is 1. The van der Waals surface area contributed by atoms with Gasteiger partial charge in [-0.05, 0) is 42.5 Å². The van der Waals surface area contributed by atoms with Crippen LogP contribution in [0.3, 0.4) is 0 Å². The molecule has 7 heteroatoms. The molecule has 0 aliphatic rings. The summed E-state index contributed by atoms with van der Waals surface area (Å²) >= 11 is 5.91. The van der Waals surface area contributed by atoms with Crippen LogP contribution in [-0.2, 0) is 4.79 Å². The van der Waals surface area contributed by atoms with Gasteiger partial charge in [0.05, 0.1) is 6.54 Å². The Morgan fingerprint density at radius 1 is 1.07 bits per heavy atom. The van der Waals surface area contributed by atoms with Crippen molar-refractivity contribution in [2.24, 2.45) is 0 Å². The summed E-state index contributed by atoms with van der Waals surface area (Å²) in [4.78, 5) is 30.5. The smallest absolute Gasteiger partial charge is 0.259 e. The summed E-state index contributed by atoms with van der Waals surface area (Å²) < 4.78 is 5.72. The molecule has 1 aromatic heterocycles. The molecule has 0 fully saturated rings. The molecule has 0 spiro atoms. The Hall–Kier alpha value is -3.38. The molecule has 0 radical (unpaired) electrons. The summed E-state index contributed by atoms with van der Waals surface area (Å²) in [6.45, 7) is -0.134. The molecule has 0 unspecified atom stereocenters. The van der Waals surface area contributed by atoms with Crippen LogP contribution in [0, 0.1) is 0 Å². The Kier molecular flexibility index (Phi) is 6.24. The number of halogens is 1. The lowest BCUT2D eigenvalue weighted by atomic mass is 10.2. The molecule has 3 aromatic rings. The van der Waals surface area contributed by atoms with E-state index in [1.807, 2.05) is 18.2 Å². The number of anilines is 1. The molecule has 0 saturated carbocycles. The van der Waals surface area contributed by atoms with E-state index in [1.54, 1.807) is 61.8 Å². The second kappa shape index (κ2) is 9.01. The lowest BCUT2D eigenvalue weighted by Gasteiger charge is -2.18. The SMILES string of the molecule is CN(CC(=O)Nc1cccc(Cl)c1)C(=O)c1cccnc1Oc1ccccc1. The number of nitrogens with zero attached hydrogens (tertiary/aromatic N) is 2. The monoisotopic (exact) mass is 395 g/mol. The minimum atomic E-state index is -0.375. The van der Waals surface area contributed by atoms with Crippen molar-refractivity contribution in [1.82, 2.24) is 9.88 Å². The molecule has 0 aliphatic carbocycles. The highest BCUT2D eigenvalue weighted by Crippen LogP contribution is 2.23. The topological polar surface area (TPSA) is 71.5 Å². The summed E-state index contributed by atoms with van der Waals surface area (Å²) in [5.41, 5.74) is 0.831. The average Bonchev–Trinajstić information content (AvgIpc) is 2.68. The molecule has 6 nitrogen and oxygen atoms in total. The number of ether oxygens (including phenoxy) is 1. The van der Waals surface area contributed by atoms with Gasteiger partial charge in [0.15, 0.2) is 0 Å². The second-order valence-electron chi connectivity index (χ2n) is 5.99. The van der Waals surface area contributed by atoms with Gasteiger partial charge in [-0.15, -0.1) is 0 Å². The van der Waals surface area contributed by atoms with Crippen molar-refractivity contribution in [2.45, 2.75) is 0 Å². The number of nitrogens with one attached hydrogen (secondary N) is 1. The predicted molar refractivity (Wildman–Crippen MR) is 108 cm³/mol. The van der Waals surface area contributed by atoms with Crippen molar-refractivity contribution in [3.63, 3.8) is 0 Å². The summed E-state index contributed by atoms with van der Waals surface area (Å²) in [5.74, 6) is 0.0326. The molecule has 2 amide bonds. The molecular formula is C21H18ClN3O3. The Morgan fingerprint density at radius 2 is 1.86 bits per heavy atom. The first-order valence-corrected chi connectivity index (χ1v) is 8.89. The quantitative estimate of drug-likeness (QED) is 0.677. The van der Waals surface area contributed by atoms with Gasteiger partial charge >= 0.3 is 0 Å². The van der Waals surface area contributed by atoms with Crippen molar-refractivity contribution in [3.05, 3.63) is 83.5 Å². The minimum Gasteiger partial charge on any atom is -0.438 e. The molecule has 2 aromatic carbocycles. The first-order chi connectivity index (χ1) is 13.5. The maximum atomic E-state index is 12.8. The van der Waals surface area contributed by atoms with Gasteiger partial charge in [-0.1, -0.05) is 35.9 Å². The van der Waals surface area contributed by atoms with E-state index in [0.29, 0.717) is 16.5 Å². The van der Waals surface area contributed by atoms with Gasteiger partial charge in [0.25, 0.3) is 5.91 Å². The van der Waals surface area contributed by atoms with Crippen LogP contribution in [0.25, 0.3) is 0 Å². The van der Waals surface area contributed by atoms with Crippen LogP contribution in [-0.4, -0.2) is 35.3 Å². The number of aromatic nitrogens is 1. The lowest BCUT2D eigenvalue weighted by Crippen LogP contribution is -2.35. The first-order valence-electron chi connectivity index (χ1n) is 8.52. The molecule has 0 bridgehead atoms. The molecular weight excluding hydrogens is 378 g/mol. The zero-order chi connectivity index (χ0) is 19.9. The van der Waals surface area contributed by atoms with Crippen molar-refractivity contribution in [1.29, 1.82) is 0 Å². The Bertz CT molecular complexity index is 979. The van der Waals surface area contributed by atoms with Crippen molar-refractivity contribution in [3.8, 4) is 11.6 Å². The van der Waals surface area contributed by atoms with Crippen LogP contribution in [0.15, 0.2) is 72.9 Å². The van der Waals surface area contributed by atoms with Crippen LogP contribution >= 0.6 is 11.6 Å². The lowest BCUT2D eigenvalue weighted by molar-refractivity contribution is -0.116. The number of hydrogen-bond acceptors (Lipinski definition) is 4. The molecule has 0 atom stereocenters. The number of hydrogen-bond donors (Lipinski definition) is 1. The maximum Gasteiger partial charge on any atom is 0.259 e. The summed E-state index contributed by atoms with van der Waals surface area (Å²) in [5, 5.41) is 3.22. The van der Waals surface area contributed by atoms with Crippen molar-refractivity contribution in [2.75, 3.05) is 18.9 Å². The predicted octanol–water partition coefficient (Wildman–Crippen LogP) is 4.24. The van der Waals surface area contributed by atoms with Gasteiger partial charge in [-0.2, -0.15) is 0 Å². The van der Waals surface area contributed by atoms with Gasteiger partial charge in [-0.3, -0.25) is 9.59 Å². The van der Waals surface area contributed by atoms with Crippen LogP contribution in [0.5, 0.6) is 11.6 Å². The largest absolute Gasteiger partial charge is 0.438 e. The number of likely N-dealkylation sites (N-methyl/N-ethyl adjacent to an activating group) is 1. The van der Waals surface area contributed by atoms with Crippen LogP contribution in [0.2, 0.25) is 5.02 Å². The molecule has 1 N–H and O–H groups in total. The highest BCUT2D eigenvalue weighted by atomic mass is 35.5. The normalized spacial score (nSPS) is 10.2. The fourth-order valence-electron chi connectivity index (χ4n) is 2.49. The van der Waals surface area contributed by atoms with Gasteiger partial charge in [0.1, 0.15) is 11.3 Å². The van der Waals surface area contributed by atoms with E-state index in [-0.39, 0.29) is 29.8 Å². The third kappa shape index (κ3) is 5.08. The summed E-state index contributed by atoms with van der Waals surface area (Å²) in [6.07, 6.45) is 1.54. The van der Waals surface area contributed by atoms with E-state index in [1.165, 1.54) is 4.90 Å². The van der Waals surface area contributed by atoms with E-state index in [0.717, 1.165) is 0 Å². The van der Waals surface area contributed by atoms with Crippen molar-refractivity contribution < 1.29 is 14.3 Å². The van der Waals surface area contributed by atoms with Crippen LogP contribution in [0.1, 0.15) is 10.4 Å². The molecule has 1 heterocycles. The molecule has 142 valence electrons. The van der Waals surface area contributed by atoms with Crippen LogP contribution < -0.4 is 10.1 Å². The first kappa shape index (κ1) is 19.4. The van der Waals surface area contributed by atoms with Crippen molar-refractivity contribution >= 4 is 29.1 Å². The Balaban J connectivity index is 1.68. The summed E-state index contributed by atoms with van der Waals surface area (Å²) in [7, 11) is 1.54. The molecule has 0 saturated heterocycles. The van der Waals surface area contributed by atoms with E-state index >= 15 is 0 Å². The van der Waals surface area contributed by atoms with Crippen LogP contribution in [0.4, 0.5) is 5.69 Å². The highest BCUT2D eigenvalue weighted by molar-refractivity contribution is 6.30. The Morgan fingerprint density at radius 3 is 2.61 bits per heavy atom. The van der Waals surface area contributed by atoms with E-state index in [4.69, 9.17) is 16.3 Å². The van der Waals surface area contributed by atoms with E-state index in [9.17, 15) is 9.59 Å². The third-order valence-electron chi connectivity index (χ3n) is 3.80. The van der Waals surface area contributed by atoms with Gasteiger partial charge < -0.3 is 15.0 Å². The maximum absolute atomic E-state index is 12.8. The zero-order valence-corrected chi connectivity index (χ0v) is 15.9. The standard InChI is InChI=1S/C21H18ClN3O3/c1-25(14-19(26)24-16-8-5-7-15(22)13-16)21(27)18-11-6-12-23-20(18)28-17-9-3-2-4-10-17/h2-13H,14H2,1H3,(H,24,26). The van der Waals surface area contributed by atoms with Gasteiger partial charge in [-0.25, -0.2) is 4.98 Å². The fraction of sp³-hybridized carbons (Fsp3) is 0.0952. The number of benzene rings is 2. The second-order valence-corrected chi connectivity index (χ2v) is 6.43.